The highest BCUT2D eigenvalue weighted by atomic mass is 32.0. The lowest BCUT2D eigenvalue weighted by Crippen LogP contribution is -2.46. The van der Waals surface area contributed by atoms with Crippen LogP contribution in [0.5, 0.6) is 0 Å². The maximum absolute atomic E-state index is 9.12. The van der Waals surface area contributed by atoms with Crippen LogP contribution in [0.4, 0.5) is 0 Å². The van der Waals surface area contributed by atoms with Gasteiger partial charge in [-0.3, -0.25) is 0 Å². The van der Waals surface area contributed by atoms with Crippen LogP contribution in [0.15, 0.2) is 0 Å². The van der Waals surface area contributed by atoms with Gasteiger partial charge >= 0.3 is 0 Å². The highest BCUT2D eigenvalue weighted by Crippen LogP contribution is 2.46. The molecule has 72 valence electrons. The van der Waals surface area contributed by atoms with Gasteiger partial charge in [-0.15, -0.1) is 0 Å². The molecule has 0 aromatic heterocycles. The second kappa shape index (κ2) is 4.80. The van der Waals surface area contributed by atoms with Gasteiger partial charge < -0.3 is 18.9 Å². The van der Waals surface area contributed by atoms with E-state index in [0.29, 0.717) is 23.6 Å². The van der Waals surface area contributed by atoms with Crippen molar-refractivity contribution in [2.75, 3.05) is 20.3 Å². The normalized spacial score (nSPS) is 41.8. The Hall–Kier alpha value is 0.700. The van der Waals surface area contributed by atoms with Crippen molar-refractivity contribution in [3.8, 4) is 0 Å². The van der Waals surface area contributed by atoms with E-state index >= 15 is 0 Å². The third-order valence-electron chi connectivity index (χ3n) is 1.91. The first kappa shape index (κ1) is 10.8. The van der Waals surface area contributed by atoms with E-state index in [9.17, 15) is 0 Å². The summed E-state index contributed by atoms with van der Waals surface area (Å²) in [5.41, 5.74) is -0.601. The minimum absolute atomic E-state index is 0.0354. The van der Waals surface area contributed by atoms with Crippen molar-refractivity contribution >= 4 is 17.0 Å². The van der Waals surface area contributed by atoms with Gasteiger partial charge in [0.05, 0.1) is 30.2 Å². The molecule has 1 aliphatic heterocycles. The van der Waals surface area contributed by atoms with Crippen LogP contribution >= 0.6 is 17.0 Å². The first-order valence-corrected chi connectivity index (χ1v) is 6.48. The number of ether oxygens (including phenoxy) is 1. The summed E-state index contributed by atoms with van der Waals surface area (Å²) in [5.74, 6) is 0. The molecule has 1 heterocycles. The van der Waals surface area contributed by atoms with E-state index in [0.717, 1.165) is 0 Å². The summed E-state index contributed by atoms with van der Waals surface area (Å²) >= 11 is 0. The summed E-state index contributed by atoms with van der Waals surface area (Å²) in [4.78, 5) is 0. The molecule has 0 amide bonds. The maximum atomic E-state index is 9.12. The van der Waals surface area contributed by atoms with Crippen LogP contribution in [-0.2, 0) is 13.8 Å². The molecule has 0 aliphatic carbocycles. The van der Waals surface area contributed by atoms with Crippen LogP contribution in [0.1, 0.15) is 6.92 Å². The summed E-state index contributed by atoms with van der Waals surface area (Å²) in [6.07, 6.45) is -0.176. The van der Waals surface area contributed by atoms with Crippen molar-refractivity contribution in [1.29, 1.82) is 0 Å². The molecule has 0 bridgehead atoms. The smallest absolute Gasteiger partial charge is 0.121 e. The monoisotopic (exact) mass is 212 g/mol. The van der Waals surface area contributed by atoms with Gasteiger partial charge in [0.15, 0.2) is 0 Å². The minimum atomic E-state index is -0.601. The molecule has 0 aromatic carbocycles. The van der Waals surface area contributed by atoms with Crippen molar-refractivity contribution < 1.29 is 18.9 Å². The molecule has 1 N–H and O–H groups in total. The van der Waals surface area contributed by atoms with E-state index in [1.807, 2.05) is 6.92 Å². The summed E-state index contributed by atoms with van der Waals surface area (Å²) in [6.45, 7) is 2.30. The molecule has 0 radical (unpaired) electrons. The Labute approximate surface area is 75.6 Å². The lowest BCUT2D eigenvalue weighted by Gasteiger charge is -2.31. The molecule has 4 nitrogen and oxygen atoms in total. The Morgan fingerprint density at radius 2 is 2.42 bits per heavy atom. The third kappa shape index (κ3) is 2.35. The lowest BCUT2D eigenvalue weighted by atomic mass is 10.0. The van der Waals surface area contributed by atoms with Gasteiger partial charge in [0.25, 0.3) is 0 Å². The van der Waals surface area contributed by atoms with Gasteiger partial charge in [0.2, 0.25) is 0 Å². The first-order valence-electron chi connectivity index (χ1n) is 3.66. The number of methoxy groups -OCH3 is 1. The van der Waals surface area contributed by atoms with E-state index in [4.69, 9.17) is 18.9 Å². The molecular weight excluding hydrogens is 198 g/mol. The minimum Gasteiger partial charge on any atom is -0.393 e. The molecule has 4 atom stereocenters. The molecule has 1 saturated heterocycles. The fourth-order valence-corrected chi connectivity index (χ4v) is 2.99. The number of hydrogen-bond donors (Lipinski definition) is 1. The fraction of sp³-hybridized carbons (Fsp3) is 1.00. The van der Waals surface area contributed by atoms with Crippen molar-refractivity contribution in [3.63, 3.8) is 0 Å². The zero-order valence-electron chi connectivity index (χ0n) is 7.16. The summed E-state index contributed by atoms with van der Waals surface area (Å²) < 4.78 is 15.9. The van der Waals surface area contributed by atoms with Crippen molar-refractivity contribution in [2.24, 2.45) is 0 Å². The second-order valence-corrected chi connectivity index (χ2v) is 4.94. The molecule has 0 saturated carbocycles. The molecule has 1 aliphatic rings. The second-order valence-electron chi connectivity index (χ2n) is 2.81. The highest BCUT2D eigenvalue weighted by Gasteiger charge is 2.37. The van der Waals surface area contributed by atoms with Crippen LogP contribution in [0, 0.1) is 0 Å². The predicted molar refractivity (Wildman–Crippen MR) is 50.0 cm³/mol. The van der Waals surface area contributed by atoms with E-state index in [1.165, 1.54) is 0 Å². The van der Waals surface area contributed by atoms with Crippen LogP contribution in [-0.4, -0.2) is 37.1 Å². The molecule has 0 aromatic rings. The van der Waals surface area contributed by atoms with Crippen LogP contribution in [0.3, 0.4) is 0 Å². The van der Waals surface area contributed by atoms with Gasteiger partial charge in [-0.1, -0.05) is 0 Å². The Kier molecular flexibility index (Phi) is 4.31. The molecular formula is C6H14O4P2. The third-order valence-corrected chi connectivity index (χ3v) is 3.86. The van der Waals surface area contributed by atoms with Crippen molar-refractivity contribution in [3.05, 3.63) is 0 Å². The summed E-state index contributed by atoms with van der Waals surface area (Å²) in [5, 5.41) is 9.12. The lowest BCUT2D eigenvalue weighted by molar-refractivity contribution is -0.0930. The van der Waals surface area contributed by atoms with Gasteiger partial charge in [-0.25, -0.2) is 0 Å². The van der Waals surface area contributed by atoms with Gasteiger partial charge in [-0.2, -0.15) is 0 Å². The predicted octanol–water partition coefficient (Wildman–Crippen LogP) is 0.901. The quantitative estimate of drug-likeness (QED) is 0.691. The molecule has 12 heavy (non-hydrogen) atoms. The van der Waals surface area contributed by atoms with Gasteiger partial charge in [0.1, 0.15) is 11.7 Å². The average Bonchev–Trinajstić information content (AvgIpc) is 2.28. The fourth-order valence-electron chi connectivity index (χ4n) is 0.978. The Morgan fingerprint density at radius 3 is 3.00 bits per heavy atom. The largest absolute Gasteiger partial charge is 0.393 e. The molecule has 1 fully saturated rings. The summed E-state index contributed by atoms with van der Waals surface area (Å²) in [6, 6.07) is 0. The number of aliphatic hydroxyl groups is 1. The topological polar surface area (TPSA) is 47.9 Å². The number of hydrogen-bond acceptors (Lipinski definition) is 4. The summed E-state index contributed by atoms with van der Waals surface area (Å²) in [7, 11) is 2.28. The van der Waals surface area contributed by atoms with Gasteiger partial charge in [-0.05, 0) is 6.92 Å². The average molecular weight is 212 g/mol. The first-order chi connectivity index (χ1) is 5.73. The standard InChI is InChI=1S/C6H14O4P2/c1-6(4-7)5(8-2)3-9-11-12-10-6/h5,7,11-12H,3-4H2,1-2H3/t5-,6+/m1/s1. The van der Waals surface area contributed by atoms with Crippen LogP contribution in [0.25, 0.3) is 0 Å². The Balaban J connectivity index is 2.63. The highest BCUT2D eigenvalue weighted by molar-refractivity contribution is 8.07. The Morgan fingerprint density at radius 1 is 1.67 bits per heavy atom. The number of rotatable bonds is 2. The SMILES string of the molecule is CO[C@@H]1COPPO[C@@]1(C)CO. The maximum Gasteiger partial charge on any atom is 0.121 e. The van der Waals surface area contributed by atoms with E-state index in [2.05, 4.69) is 0 Å². The van der Waals surface area contributed by atoms with E-state index in [-0.39, 0.29) is 12.7 Å². The number of aliphatic hydroxyl groups excluding tert-OH is 1. The zero-order chi connectivity index (χ0) is 9.03. The van der Waals surface area contributed by atoms with Crippen LogP contribution < -0.4 is 0 Å². The van der Waals surface area contributed by atoms with Crippen molar-refractivity contribution in [1.82, 2.24) is 0 Å². The molecule has 2 unspecified atom stereocenters. The zero-order valence-corrected chi connectivity index (χ0v) is 9.16. The molecule has 0 spiro atoms. The molecule has 6 heteroatoms. The molecule has 1 rings (SSSR count). The van der Waals surface area contributed by atoms with Crippen LogP contribution in [0.2, 0.25) is 0 Å². The van der Waals surface area contributed by atoms with Gasteiger partial charge in [0, 0.05) is 7.11 Å². The Bertz CT molecular complexity index is 146. The van der Waals surface area contributed by atoms with E-state index < -0.39 is 5.60 Å². The van der Waals surface area contributed by atoms with Crippen molar-refractivity contribution in [2.45, 2.75) is 18.6 Å². The van der Waals surface area contributed by atoms with E-state index in [1.54, 1.807) is 7.11 Å².